The molecule has 1 aromatic carbocycles. The van der Waals surface area contributed by atoms with Gasteiger partial charge in [0, 0.05) is 16.3 Å². The number of carbonyl (C=O) groups excluding carboxylic acids is 1. The van der Waals surface area contributed by atoms with Gasteiger partial charge in [0.2, 0.25) is 0 Å². The van der Waals surface area contributed by atoms with Crippen molar-refractivity contribution in [3.63, 3.8) is 0 Å². The van der Waals surface area contributed by atoms with E-state index in [-0.39, 0.29) is 5.78 Å². The van der Waals surface area contributed by atoms with Crippen LogP contribution >= 0.6 is 67.8 Å². The summed E-state index contributed by atoms with van der Waals surface area (Å²) in [6, 6.07) is 3.79. The summed E-state index contributed by atoms with van der Waals surface area (Å²) in [6.07, 6.45) is 1.35. The zero-order valence-corrected chi connectivity index (χ0v) is 13.0. The fraction of sp³-hybridized carbons (Fsp3) is 0. The molecule has 0 unspecified atom stereocenters. The summed E-state index contributed by atoms with van der Waals surface area (Å²) >= 11 is 6.68. The molecule has 0 saturated heterocycles. The van der Waals surface area contributed by atoms with Crippen molar-refractivity contribution in [2.75, 3.05) is 0 Å². The zero-order chi connectivity index (χ0) is 10.0. The average molecular weight is 510 g/mol. The maximum absolute atomic E-state index is 11.4. The lowest BCUT2D eigenvalue weighted by Gasteiger charge is -2.04. The number of carbonyl (C=O) groups is 1. The Morgan fingerprint density at radius 1 is 1.23 bits per heavy atom. The van der Waals surface area contributed by atoms with Crippen LogP contribution in [0.4, 0.5) is 0 Å². The Bertz CT molecular complexity index is 371. The second-order valence-electron chi connectivity index (χ2n) is 2.29. The van der Waals surface area contributed by atoms with Crippen molar-refractivity contribution in [3.05, 3.63) is 41.1 Å². The van der Waals surface area contributed by atoms with Crippen LogP contribution in [0.15, 0.2) is 24.8 Å². The van der Waals surface area contributed by atoms with Crippen LogP contribution in [0.5, 0.6) is 0 Å². The van der Waals surface area contributed by atoms with Crippen LogP contribution in [0.2, 0.25) is 0 Å². The third-order valence-electron chi connectivity index (χ3n) is 1.49. The molecule has 0 N–H and O–H groups in total. The second-order valence-corrected chi connectivity index (χ2v) is 5.61. The van der Waals surface area contributed by atoms with Crippen LogP contribution < -0.4 is 0 Å². The fourth-order valence-corrected chi connectivity index (χ4v) is 3.00. The molecule has 0 bridgehead atoms. The lowest BCUT2D eigenvalue weighted by atomic mass is 10.1. The van der Waals surface area contributed by atoms with E-state index in [2.05, 4.69) is 74.4 Å². The predicted octanol–water partition coefficient (Wildman–Crippen LogP) is 3.87. The van der Waals surface area contributed by atoms with E-state index in [1.54, 1.807) is 0 Å². The molecule has 68 valence electrons. The van der Waals surface area contributed by atoms with Crippen molar-refractivity contribution in [1.82, 2.24) is 0 Å². The van der Waals surface area contributed by atoms with Gasteiger partial charge >= 0.3 is 0 Å². The van der Waals surface area contributed by atoms with Gasteiger partial charge in [-0.1, -0.05) is 6.58 Å². The van der Waals surface area contributed by atoms with Crippen molar-refractivity contribution in [3.8, 4) is 0 Å². The van der Waals surface area contributed by atoms with E-state index in [0.29, 0.717) is 0 Å². The first-order valence-corrected chi connectivity index (χ1v) is 6.61. The summed E-state index contributed by atoms with van der Waals surface area (Å²) in [6.45, 7) is 3.47. The van der Waals surface area contributed by atoms with Crippen molar-refractivity contribution in [2.45, 2.75) is 0 Å². The maximum atomic E-state index is 11.4. The number of allylic oxidation sites excluding steroid dienone is 1. The van der Waals surface area contributed by atoms with Gasteiger partial charge in [-0.05, 0) is 86.0 Å². The molecule has 0 aliphatic heterocycles. The Hall–Kier alpha value is 0.820. The van der Waals surface area contributed by atoms with Crippen LogP contribution in [0.25, 0.3) is 0 Å². The molecule has 0 heterocycles. The first-order valence-electron chi connectivity index (χ1n) is 3.38. The molecule has 0 fully saturated rings. The molecule has 1 rings (SSSR count). The molecule has 4 heteroatoms. The van der Waals surface area contributed by atoms with Crippen LogP contribution in [-0.2, 0) is 0 Å². The molecule has 1 aromatic rings. The van der Waals surface area contributed by atoms with Crippen LogP contribution in [0.3, 0.4) is 0 Å². The Morgan fingerprint density at radius 3 is 2.38 bits per heavy atom. The first-order chi connectivity index (χ1) is 6.07. The van der Waals surface area contributed by atoms with Crippen LogP contribution in [0.1, 0.15) is 10.4 Å². The zero-order valence-electron chi connectivity index (χ0n) is 6.48. The highest BCUT2D eigenvalue weighted by Gasteiger charge is 2.10. The maximum Gasteiger partial charge on any atom is 0.186 e. The molecular formula is C9H5I3O. The largest absolute Gasteiger partial charge is 0.289 e. The monoisotopic (exact) mass is 510 g/mol. The molecule has 13 heavy (non-hydrogen) atoms. The summed E-state index contributed by atoms with van der Waals surface area (Å²) in [4.78, 5) is 11.4. The molecule has 0 spiro atoms. The average Bonchev–Trinajstić information content (AvgIpc) is 2.13. The van der Waals surface area contributed by atoms with Gasteiger partial charge in [-0.2, -0.15) is 0 Å². The highest BCUT2D eigenvalue weighted by molar-refractivity contribution is 14.1. The van der Waals surface area contributed by atoms with E-state index >= 15 is 0 Å². The summed E-state index contributed by atoms with van der Waals surface area (Å²) in [5, 5.41) is 0. The molecule has 0 aromatic heterocycles. The Labute approximate surface area is 118 Å². The quantitative estimate of drug-likeness (QED) is 0.256. The first kappa shape index (κ1) is 11.9. The van der Waals surface area contributed by atoms with Gasteiger partial charge in [0.15, 0.2) is 5.78 Å². The molecule has 0 radical (unpaired) electrons. The van der Waals surface area contributed by atoms with Gasteiger partial charge in [0.1, 0.15) is 0 Å². The minimum absolute atomic E-state index is 0.0151. The van der Waals surface area contributed by atoms with Crippen molar-refractivity contribution < 1.29 is 4.79 Å². The minimum atomic E-state index is -0.0151. The lowest BCUT2D eigenvalue weighted by Crippen LogP contribution is -2.00. The van der Waals surface area contributed by atoms with E-state index in [1.165, 1.54) is 9.65 Å². The van der Waals surface area contributed by atoms with Crippen LogP contribution in [-0.4, -0.2) is 5.78 Å². The number of rotatable bonds is 2. The second kappa shape index (κ2) is 5.06. The number of benzene rings is 1. The standard InChI is InChI=1S/C9H5I3O/c1-2-7(13)5-3-4-6(10)9(12)8(5)11/h2-4H,1H2. The summed E-state index contributed by atoms with van der Waals surface area (Å²) < 4.78 is 3.31. The molecule has 0 aliphatic carbocycles. The van der Waals surface area contributed by atoms with E-state index in [9.17, 15) is 4.79 Å². The summed E-state index contributed by atoms with van der Waals surface area (Å²) in [7, 11) is 0. The normalized spacial score (nSPS) is 9.77. The van der Waals surface area contributed by atoms with E-state index in [0.717, 1.165) is 12.7 Å². The van der Waals surface area contributed by atoms with Crippen LogP contribution in [0, 0.1) is 10.7 Å². The van der Waals surface area contributed by atoms with Crippen molar-refractivity contribution in [1.29, 1.82) is 0 Å². The Kier molecular flexibility index (Phi) is 4.63. The molecular weight excluding hydrogens is 505 g/mol. The van der Waals surface area contributed by atoms with Crippen molar-refractivity contribution in [2.24, 2.45) is 0 Å². The highest BCUT2D eigenvalue weighted by Crippen LogP contribution is 2.24. The van der Waals surface area contributed by atoms with Gasteiger partial charge in [0.05, 0.1) is 0 Å². The Balaban J connectivity index is 3.33. The smallest absolute Gasteiger partial charge is 0.186 e. The minimum Gasteiger partial charge on any atom is -0.289 e. The SMILES string of the molecule is C=CC(=O)c1ccc(I)c(I)c1I. The van der Waals surface area contributed by atoms with Crippen molar-refractivity contribution >= 4 is 73.6 Å². The van der Waals surface area contributed by atoms with Gasteiger partial charge in [0.25, 0.3) is 0 Å². The molecule has 0 atom stereocenters. The highest BCUT2D eigenvalue weighted by atomic mass is 127. The lowest BCUT2D eigenvalue weighted by molar-refractivity contribution is 0.104. The molecule has 0 amide bonds. The predicted molar refractivity (Wildman–Crippen MR) is 79.1 cm³/mol. The number of ketones is 1. The topological polar surface area (TPSA) is 17.1 Å². The van der Waals surface area contributed by atoms with E-state index < -0.39 is 0 Å². The van der Waals surface area contributed by atoms with Gasteiger partial charge in [-0.15, -0.1) is 0 Å². The fourth-order valence-electron chi connectivity index (χ4n) is 0.826. The van der Waals surface area contributed by atoms with Gasteiger partial charge < -0.3 is 0 Å². The van der Waals surface area contributed by atoms with Gasteiger partial charge in [-0.3, -0.25) is 4.79 Å². The van der Waals surface area contributed by atoms with E-state index in [4.69, 9.17) is 0 Å². The number of hydrogen-bond acceptors (Lipinski definition) is 1. The summed E-state index contributed by atoms with van der Waals surface area (Å²) in [5.74, 6) is -0.0151. The Morgan fingerprint density at radius 2 is 1.85 bits per heavy atom. The number of halogens is 3. The molecule has 0 aliphatic rings. The van der Waals surface area contributed by atoms with E-state index in [1.807, 2.05) is 12.1 Å². The number of hydrogen-bond donors (Lipinski definition) is 0. The molecule has 1 nitrogen and oxygen atoms in total. The van der Waals surface area contributed by atoms with Gasteiger partial charge in [-0.25, -0.2) is 0 Å². The third kappa shape index (κ3) is 2.65. The molecule has 0 saturated carbocycles. The summed E-state index contributed by atoms with van der Waals surface area (Å²) in [5.41, 5.74) is 0.736. The third-order valence-corrected chi connectivity index (χ3v) is 6.69.